The van der Waals surface area contributed by atoms with Crippen LogP contribution in [0, 0.1) is 0 Å². The Morgan fingerprint density at radius 2 is 1.03 bits per heavy atom. The van der Waals surface area contributed by atoms with Crippen molar-refractivity contribution in [2.75, 3.05) is 0 Å². The molecular weight excluding hydrogens is 388 g/mol. The van der Waals surface area contributed by atoms with Crippen LogP contribution in [0.25, 0.3) is 23.3 Å². The first-order chi connectivity index (χ1) is 14.9. The smallest absolute Gasteiger partial charge is 0.0769 e. The van der Waals surface area contributed by atoms with Crippen LogP contribution in [0.1, 0.15) is 36.1 Å². The van der Waals surface area contributed by atoms with Crippen molar-refractivity contribution in [3.05, 3.63) is 118 Å². The van der Waals surface area contributed by atoms with Crippen molar-refractivity contribution in [2.45, 2.75) is 37.0 Å². The first kappa shape index (κ1) is 18.8. The Labute approximate surface area is 186 Å². The van der Waals surface area contributed by atoms with Crippen LogP contribution in [0.2, 0.25) is 23.2 Å². The molecule has 0 aromatic heterocycles. The number of rotatable bonds is 2. The fraction of sp³-hybridized carbons (Fsp3) is 0.200. The second kappa shape index (κ2) is 6.08. The van der Waals surface area contributed by atoms with Gasteiger partial charge in [-0.05, 0) is 56.7 Å². The molecular formula is C30H28Si. The Balaban J connectivity index is 1.50. The van der Waals surface area contributed by atoms with E-state index in [0.29, 0.717) is 0 Å². The molecule has 0 heterocycles. The summed E-state index contributed by atoms with van der Waals surface area (Å²) < 4.78 is 0. The van der Waals surface area contributed by atoms with Gasteiger partial charge >= 0.3 is 0 Å². The summed E-state index contributed by atoms with van der Waals surface area (Å²) in [6.07, 6.45) is 19.2. The van der Waals surface area contributed by atoms with Crippen LogP contribution in [-0.2, 0) is 0 Å². The fourth-order valence-electron chi connectivity index (χ4n) is 6.19. The molecule has 0 aliphatic heterocycles. The molecule has 0 spiro atoms. The third-order valence-corrected chi connectivity index (χ3v) is 14.8. The van der Waals surface area contributed by atoms with Crippen molar-refractivity contribution in [3.63, 3.8) is 0 Å². The third-order valence-electron chi connectivity index (χ3n) is 8.78. The fourth-order valence-corrected chi connectivity index (χ4v) is 10.1. The summed E-state index contributed by atoms with van der Waals surface area (Å²) in [6, 6.07) is 17.7. The molecule has 2 unspecified atom stereocenters. The second-order valence-electron chi connectivity index (χ2n) is 10.2. The minimum Gasteiger partial charge on any atom is -0.0769 e. The van der Waals surface area contributed by atoms with Gasteiger partial charge in [0.25, 0.3) is 0 Å². The number of fused-ring (bicyclic) bond motifs is 6. The molecule has 2 atom stereocenters. The molecule has 2 aromatic rings. The molecule has 0 bridgehead atoms. The van der Waals surface area contributed by atoms with Gasteiger partial charge in [-0.2, -0.15) is 0 Å². The maximum Gasteiger partial charge on any atom is 0.0784 e. The zero-order valence-corrected chi connectivity index (χ0v) is 19.7. The lowest BCUT2D eigenvalue weighted by Crippen LogP contribution is -2.51. The summed E-state index contributed by atoms with van der Waals surface area (Å²) in [5, 5.41) is 0.0700. The van der Waals surface area contributed by atoms with E-state index in [0.717, 1.165) is 0 Å². The van der Waals surface area contributed by atoms with Gasteiger partial charge in [-0.15, -0.1) is 0 Å². The van der Waals surface area contributed by atoms with E-state index >= 15 is 0 Å². The average molecular weight is 417 g/mol. The van der Waals surface area contributed by atoms with Crippen molar-refractivity contribution >= 4 is 31.4 Å². The highest BCUT2D eigenvalue weighted by Gasteiger charge is 2.58. The molecule has 0 nitrogen and oxygen atoms in total. The van der Waals surface area contributed by atoms with Crippen molar-refractivity contribution in [3.8, 4) is 0 Å². The van der Waals surface area contributed by atoms with E-state index in [1.165, 1.54) is 44.5 Å². The monoisotopic (exact) mass is 416 g/mol. The van der Waals surface area contributed by atoms with Crippen LogP contribution in [0.5, 0.6) is 0 Å². The predicted molar refractivity (Wildman–Crippen MR) is 137 cm³/mol. The second-order valence-corrected chi connectivity index (χ2v) is 15.5. The van der Waals surface area contributed by atoms with E-state index in [2.05, 4.69) is 124 Å². The first-order valence-electron chi connectivity index (χ1n) is 11.3. The maximum atomic E-state index is 2.60. The number of hydrogen-bond donors (Lipinski definition) is 0. The molecule has 0 saturated carbocycles. The molecule has 152 valence electrons. The summed E-state index contributed by atoms with van der Waals surface area (Å²) in [7, 11) is -1.99. The zero-order valence-electron chi connectivity index (χ0n) is 18.7. The Kier molecular flexibility index (Phi) is 3.69. The van der Waals surface area contributed by atoms with Gasteiger partial charge in [0.05, 0.1) is 8.07 Å². The Hall–Kier alpha value is -2.90. The van der Waals surface area contributed by atoms with Gasteiger partial charge in [0, 0.05) is 10.1 Å². The van der Waals surface area contributed by atoms with Gasteiger partial charge in [0.2, 0.25) is 0 Å². The molecule has 31 heavy (non-hydrogen) atoms. The molecule has 4 aliphatic rings. The van der Waals surface area contributed by atoms with Gasteiger partial charge in [-0.3, -0.25) is 0 Å². The topological polar surface area (TPSA) is 0 Å². The molecule has 0 saturated heterocycles. The van der Waals surface area contributed by atoms with Gasteiger partial charge in [-0.25, -0.2) is 0 Å². The molecule has 0 N–H and O–H groups in total. The molecule has 0 radical (unpaired) electrons. The average Bonchev–Trinajstić information content (AvgIpc) is 3.34. The first-order valence-corrected chi connectivity index (χ1v) is 14.3. The van der Waals surface area contributed by atoms with Gasteiger partial charge in [-0.1, -0.05) is 112 Å². The van der Waals surface area contributed by atoms with E-state index in [1.807, 2.05) is 0 Å². The largest absolute Gasteiger partial charge is 0.0784 e. The van der Waals surface area contributed by atoms with Crippen LogP contribution >= 0.6 is 0 Å². The maximum absolute atomic E-state index is 2.60. The normalized spacial score (nSPS) is 27.5. The summed E-state index contributed by atoms with van der Waals surface area (Å²) >= 11 is 0. The number of allylic oxidation sites excluding steroid dienone is 10. The lowest BCUT2D eigenvalue weighted by atomic mass is 9.87. The highest BCUT2D eigenvalue weighted by atomic mass is 28.3. The Morgan fingerprint density at radius 1 is 0.613 bits per heavy atom. The van der Waals surface area contributed by atoms with E-state index in [1.54, 1.807) is 0 Å². The predicted octanol–water partition coefficient (Wildman–Crippen LogP) is 8.32. The molecule has 4 aliphatic carbocycles. The van der Waals surface area contributed by atoms with Crippen LogP contribution in [0.4, 0.5) is 0 Å². The van der Waals surface area contributed by atoms with E-state index < -0.39 is 8.07 Å². The minimum absolute atomic E-state index is 0.0350. The van der Waals surface area contributed by atoms with Crippen LogP contribution in [-0.4, -0.2) is 8.07 Å². The summed E-state index contributed by atoms with van der Waals surface area (Å²) in [5.74, 6) is 0. The SMILES string of the molecule is CC1([Si](C)(C)C2(C)C=CC=C3C2=Cc2ccccc23)C=CC=C2C1=Cc1ccccc12. The van der Waals surface area contributed by atoms with Crippen molar-refractivity contribution in [2.24, 2.45) is 0 Å². The van der Waals surface area contributed by atoms with E-state index in [-0.39, 0.29) is 10.1 Å². The van der Waals surface area contributed by atoms with Gasteiger partial charge < -0.3 is 0 Å². The summed E-state index contributed by atoms with van der Waals surface area (Å²) in [5.41, 5.74) is 11.4. The van der Waals surface area contributed by atoms with Gasteiger partial charge in [0.1, 0.15) is 0 Å². The van der Waals surface area contributed by atoms with Crippen LogP contribution < -0.4 is 0 Å². The molecule has 1 heteroatoms. The highest BCUT2D eigenvalue weighted by Crippen LogP contribution is 2.67. The Bertz CT molecular complexity index is 1220. The van der Waals surface area contributed by atoms with E-state index in [4.69, 9.17) is 0 Å². The lowest BCUT2D eigenvalue weighted by Gasteiger charge is -2.54. The molecule has 0 amide bonds. The lowest BCUT2D eigenvalue weighted by molar-refractivity contribution is 0.767. The summed E-state index contributed by atoms with van der Waals surface area (Å²) in [4.78, 5) is 0. The van der Waals surface area contributed by atoms with Gasteiger partial charge in [0.15, 0.2) is 0 Å². The quantitative estimate of drug-likeness (QED) is 0.432. The highest BCUT2D eigenvalue weighted by molar-refractivity contribution is 6.86. The standard InChI is InChI=1S/C30H28Si/c1-29(17-9-15-25-23-13-7-5-11-21(23)19-27(25)29)31(3,4)30(2)18-10-16-26-24-14-8-6-12-22(24)20-28(26)30/h5-20H,1-4H3. The Morgan fingerprint density at radius 3 is 1.48 bits per heavy atom. The van der Waals surface area contributed by atoms with Crippen molar-refractivity contribution in [1.82, 2.24) is 0 Å². The minimum atomic E-state index is -1.99. The summed E-state index contributed by atoms with van der Waals surface area (Å²) in [6.45, 7) is 10.2. The molecule has 2 aromatic carbocycles. The third kappa shape index (κ3) is 2.25. The molecule has 6 rings (SSSR count). The van der Waals surface area contributed by atoms with Crippen LogP contribution in [0.15, 0.2) is 96.1 Å². The number of benzene rings is 2. The van der Waals surface area contributed by atoms with Crippen LogP contribution in [0.3, 0.4) is 0 Å². The zero-order chi connectivity index (χ0) is 21.4. The number of hydrogen-bond acceptors (Lipinski definition) is 0. The van der Waals surface area contributed by atoms with Crippen molar-refractivity contribution in [1.29, 1.82) is 0 Å². The van der Waals surface area contributed by atoms with E-state index in [9.17, 15) is 0 Å². The van der Waals surface area contributed by atoms with Crippen molar-refractivity contribution < 1.29 is 0 Å². The molecule has 0 fully saturated rings.